The molecule has 11 heteroatoms. The van der Waals surface area contributed by atoms with E-state index < -0.39 is 23.3 Å². The van der Waals surface area contributed by atoms with Crippen LogP contribution in [0.5, 0.6) is 0 Å². The van der Waals surface area contributed by atoms with Gasteiger partial charge in [0, 0.05) is 0 Å². The van der Waals surface area contributed by atoms with Crippen LogP contribution in [0, 0.1) is 0 Å². The van der Waals surface area contributed by atoms with Crippen LogP contribution >= 0.6 is 11.6 Å². The number of nitrogens with one attached hydrogen (secondary N) is 2. The molecule has 0 spiro atoms. The molecule has 6 nitrogen and oxygen atoms in total. The molecule has 0 amide bonds. The first-order chi connectivity index (χ1) is 14.3. The number of carbonyl (C=O) groups excluding carboxylic acids is 1. The number of aromatic nitrogens is 3. The fourth-order valence-electron chi connectivity index (χ4n) is 2.77. The van der Waals surface area contributed by atoms with E-state index in [0.717, 1.165) is 6.07 Å². The van der Waals surface area contributed by atoms with E-state index in [2.05, 4.69) is 20.5 Å². The van der Waals surface area contributed by atoms with E-state index in [9.17, 15) is 18.0 Å². The van der Waals surface area contributed by atoms with Crippen LogP contribution in [0.4, 0.5) is 24.8 Å². The second-order valence-electron chi connectivity index (χ2n) is 7.63. The van der Waals surface area contributed by atoms with Gasteiger partial charge in [0.25, 0.3) is 0 Å². The first-order valence-electron chi connectivity index (χ1n) is 9.03. The molecule has 0 aliphatic rings. The summed E-state index contributed by atoms with van der Waals surface area (Å²) in [5.74, 6) is -0.429. The topological polar surface area (TPSA) is 79.9 Å². The molecule has 1 heterocycles. The van der Waals surface area contributed by atoms with E-state index in [-0.39, 0.29) is 33.3 Å². The fourth-order valence-corrected chi connectivity index (χ4v) is 3.49. The third-order valence-electron chi connectivity index (χ3n) is 3.96. The molecule has 2 aromatic carbocycles. The number of H-pyrrole nitrogens is 1. The summed E-state index contributed by atoms with van der Waals surface area (Å²) in [5.41, 5.74) is -1.27. The molecular formula is C20H19AsClF3N4O2. The van der Waals surface area contributed by atoms with Crippen LogP contribution in [-0.2, 0) is 10.9 Å². The van der Waals surface area contributed by atoms with E-state index in [1.54, 1.807) is 20.8 Å². The average molecular weight is 515 g/mol. The number of esters is 1. The van der Waals surface area contributed by atoms with Gasteiger partial charge in [-0.25, -0.2) is 4.79 Å². The molecule has 3 aromatic rings. The van der Waals surface area contributed by atoms with Crippen molar-refractivity contribution in [1.82, 2.24) is 15.2 Å². The Morgan fingerprint density at radius 3 is 2.32 bits per heavy atom. The second-order valence-corrected chi connectivity index (χ2v) is 9.18. The number of hydrogen-bond acceptors (Lipinski definition) is 5. The number of hydrogen-bond donors (Lipinski definition) is 2. The average Bonchev–Trinajstić information content (AvgIpc) is 3.04. The first kappa shape index (κ1) is 23.2. The molecule has 0 aliphatic carbocycles. The van der Waals surface area contributed by atoms with Crippen LogP contribution in [0.3, 0.4) is 0 Å². The zero-order chi connectivity index (χ0) is 23.0. The van der Waals surface area contributed by atoms with Gasteiger partial charge in [-0.3, -0.25) is 0 Å². The zero-order valence-corrected chi connectivity index (χ0v) is 19.9. The van der Waals surface area contributed by atoms with Crippen molar-refractivity contribution >= 4 is 50.7 Å². The van der Waals surface area contributed by atoms with Crippen molar-refractivity contribution in [2.75, 3.05) is 5.32 Å². The number of rotatable bonds is 4. The minimum absolute atomic E-state index is 0.0953. The van der Waals surface area contributed by atoms with E-state index >= 15 is 0 Å². The summed E-state index contributed by atoms with van der Waals surface area (Å²) in [5, 5.41) is 9.09. The minimum atomic E-state index is -4.67. The Morgan fingerprint density at radius 2 is 1.81 bits per heavy atom. The summed E-state index contributed by atoms with van der Waals surface area (Å²) in [6, 6.07) is 7.94. The summed E-state index contributed by atoms with van der Waals surface area (Å²) in [6.07, 6.45) is -4.67. The summed E-state index contributed by atoms with van der Waals surface area (Å²) in [6.45, 7) is 5.18. The van der Waals surface area contributed by atoms with Crippen molar-refractivity contribution in [3.8, 4) is 11.1 Å². The monoisotopic (exact) mass is 514 g/mol. The first-order valence-corrected chi connectivity index (χ1v) is 10.6. The Bertz CT molecular complexity index is 1110. The van der Waals surface area contributed by atoms with Gasteiger partial charge in [0.15, 0.2) is 0 Å². The Morgan fingerprint density at radius 1 is 1.16 bits per heavy atom. The van der Waals surface area contributed by atoms with Crippen molar-refractivity contribution in [2.45, 2.75) is 32.5 Å². The molecule has 3 rings (SSSR count). The molecular weight excluding hydrogens is 496 g/mol. The molecule has 1 atom stereocenters. The number of aromatic amines is 1. The predicted octanol–water partition coefficient (Wildman–Crippen LogP) is 4.10. The predicted molar refractivity (Wildman–Crippen MR) is 115 cm³/mol. The van der Waals surface area contributed by atoms with Crippen LogP contribution in [0.2, 0.25) is 5.02 Å². The van der Waals surface area contributed by atoms with Gasteiger partial charge in [0.05, 0.1) is 0 Å². The zero-order valence-electron chi connectivity index (χ0n) is 16.8. The number of carbonyl (C=O) groups is 1. The molecule has 164 valence electrons. The summed E-state index contributed by atoms with van der Waals surface area (Å²) in [7, 11) is 0. The van der Waals surface area contributed by atoms with Gasteiger partial charge >= 0.3 is 154 Å². The SMILES string of the molecule is CC(C)(C)OC(=O)c1ccc(-c2c(Cl)cc(Nc3n[nH]c([AsH2])n3)cc2C(F)(F)F)cc1. The van der Waals surface area contributed by atoms with Crippen LogP contribution in [0.15, 0.2) is 36.4 Å². The molecule has 0 saturated carbocycles. The van der Waals surface area contributed by atoms with E-state index in [0.29, 0.717) is 4.61 Å². The van der Waals surface area contributed by atoms with Gasteiger partial charge in [0.2, 0.25) is 0 Å². The normalized spacial score (nSPS) is 12.0. The van der Waals surface area contributed by atoms with E-state index in [4.69, 9.17) is 16.3 Å². The van der Waals surface area contributed by atoms with E-state index in [1.807, 2.05) is 0 Å². The number of benzene rings is 2. The van der Waals surface area contributed by atoms with Crippen molar-refractivity contribution in [2.24, 2.45) is 0 Å². The number of halogens is 4. The summed E-state index contributed by atoms with van der Waals surface area (Å²) in [4.78, 5) is 16.2. The Kier molecular flexibility index (Phi) is 6.39. The molecule has 0 radical (unpaired) electrons. The number of alkyl halides is 3. The number of anilines is 2. The van der Waals surface area contributed by atoms with Crippen LogP contribution < -0.4 is 9.93 Å². The molecule has 0 bridgehead atoms. The summed E-state index contributed by atoms with van der Waals surface area (Å²) >= 11 is 7.45. The van der Waals surface area contributed by atoms with Gasteiger partial charge in [0.1, 0.15) is 5.60 Å². The molecule has 2 N–H and O–H groups in total. The van der Waals surface area contributed by atoms with Crippen molar-refractivity contribution in [3.05, 3.63) is 52.5 Å². The van der Waals surface area contributed by atoms with Gasteiger partial charge in [-0.2, -0.15) is 0 Å². The Balaban J connectivity index is 1.99. The summed E-state index contributed by atoms with van der Waals surface area (Å²) < 4.78 is 47.4. The van der Waals surface area contributed by atoms with Crippen molar-refractivity contribution in [1.29, 1.82) is 0 Å². The number of ether oxygens (including phenoxy) is 1. The molecule has 1 unspecified atom stereocenters. The standard InChI is InChI=1S/C20H19AsClF3N4O2/c1-19(2,3)31-16(30)11-6-4-10(5-7-11)15-13(20(23,24)25)8-12(9-14(15)22)26-18-27-17(21)28-29-18/h4-9H,21H2,1-3H3,(H2,26,27,28,29). The van der Waals surface area contributed by atoms with Crippen LogP contribution in [0.25, 0.3) is 11.1 Å². The van der Waals surface area contributed by atoms with E-state index in [1.165, 1.54) is 47.2 Å². The van der Waals surface area contributed by atoms with Crippen LogP contribution in [0.1, 0.15) is 36.7 Å². The third kappa shape index (κ3) is 5.80. The quantitative estimate of drug-likeness (QED) is 0.405. The molecule has 31 heavy (non-hydrogen) atoms. The Labute approximate surface area is 190 Å². The third-order valence-corrected chi connectivity index (χ3v) is 4.80. The molecule has 0 aliphatic heterocycles. The van der Waals surface area contributed by atoms with Gasteiger partial charge in [-0.1, -0.05) is 0 Å². The number of nitrogens with zero attached hydrogens (tertiary/aromatic N) is 2. The maximum absolute atomic E-state index is 13.8. The Hall–Kier alpha value is -2.51. The fraction of sp³-hybridized carbons (Fsp3) is 0.250. The van der Waals surface area contributed by atoms with Gasteiger partial charge in [-0.05, 0) is 20.8 Å². The maximum atomic E-state index is 13.8. The molecule has 1 aromatic heterocycles. The van der Waals surface area contributed by atoms with Crippen molar-refractivity contribution < 1.29 is 22.7 Å². The van der Waals surface area contributed by atoms with Gasteiger partial charge in [-0.15, -0.1) is 0 Å². The molecule has 0 fully saturated rings. The van der Waals surface area contributed by atoms with Crippen molar-refractivity contribution in [3.63, 3.8) is 0 Å². The van der Waals surface area contributed by atoms with Crippen LogP contribution in [-0.4, -0.2) is 43.6 Å². The van der Waals surface area contributed by atoms with Gasteiger partial charge < -0.3 is 4.74 Å². The second kappa shape index (κ2) is 8.55. The molecule has 0 saturated heterocycles.